The van der Waals surface area contributed by atoms with Crippen molar-refractivity contribution in [3.63, 3.8) is 0 Å². The Morgan fingerprint density at radius 1 is 1.21 bits per heavy atom. The van der Waals surface area contributed by atoms with E-state index in [1.165, 1.54) is 10.8 Å². The highest BCUT2D eigenvalue weighted by Gasteiger charge is 2.18. The van der Waals surface area contributed by atoms with Gasteiger partial charge in [-0.2, -0.15) is 5.10 Å². The third-order valence-electron chi connectivity index (χ3n) is 4.92. The second-order valence-electron chi connectivity index (χ2n) is 7.38. The predicted molar refractivity (Wildman–Crippen MR) is 114 cm³/mol. The average Bonchev–Trinajstić information content (AvgIpc) is 3.43. The molecule has 0 saturated carbocycles. The molecule has 1 atom stereocenters. The first kappa shape index (κ1) is 22.8. The van der Waals surface area contributed by atoms with E-state index in [-0.39, 0.29) is 12.4 Å². The average molecular weight is 471 g/mol. The fraction of sp³-hybridized carbons (Fsp3) is 0.190. The number of nitrogens with zero attached hydrogens (tertiary/aromatic N) is 4. The molecule has 0 spiro atoms. The van der Waals surface area contributed by atoms with Crippen LogP contribution in [0.25, 0.3) is 11.3 Å². The van der Waals surface area contributed by atoms with Crippen LogP contribution in [0.3, 0.4) is 0 Å². The minimum Gasteiger partial charge on any atom is -0.756 e. The van der Waals surface area contributed by atoms with Crippen LogP contribution in [0.5, 0.6) is 0 Å². The Morgan fingerprint density at radius 3 is 2.67 bits per heavy atom. The Kier molecular flexibility index (Phi) is 6.68. The largest absolute Gasteiger partial charge is 0.756 e. The van der Waals surface area contributed by atoms with E-state index in [1.54, 1.807) is 35.3 Å². The lowest BCUT2D eigenvalue weighted by atomic mass is 10.1. The van der Waals surface area contributed by atoms with Crippen LogP contribution in [0.15, 0.2) is 65.6 Å². The molecule has 0 bridgehead atoms. The summed E-state index contributed by atoms with van der Waals surface area (Å²) < 4.78 is 23.8. The van der Waals surface area contributed by atoms with E-state index >= 15 is 0 Å². The highest BCUT2D eigenvalue weighted by Crippen LogP contribution is 2.30. The van der Waals surface area contributed by atoms with Crippen LogP contribution in [0, 0.1) is 0 Å². The fourth-order valence-corrected chi connectivity index (χ4v) is 3.55. The number of hydrogen-bond donors (Lipinski definition) is 3. The highest BCUT2D eigenvalue weighted by molar-refractivity contribution is 7.44. The number of phosphoric ester groups is 1. The van der Waals surface area contributed by atoms with Crippen LogP contribution in [0.1, 0.15) is 22.4 Å². The molecule has 3 aromatic heterocycles. The zero-order valence-electron chi connectivity index (χ0n) is 17.4. The molecule has 1 unspecified atom stereocenters. The van der Waals surface area contributed by atoms with E-state index in [4.69, 9.17) is 20.3 Å². The number of pyridine rings is 1. The van der Waals surface area contributed by atoms with Crippen molar-refractivity contribution in [2.75, 3.05) is 5.73 Å². The topological polar surface area (TPSA) is 164 Å². The van der Waals surface area contributed by atoms with Gasteiger partial charge in [-0.1, -0.05) is 29.4 Å². The van der Waals surface area contributed by atoms with Gasteiger partial charge in [0.1, 0.15) is 5.56 Å². The Hall–Kier alpha value is -3.34. The lowest BCUT2D eigenvalue weighted by Crippen LogP contribution is -2.38. The van der Waals surface area contributed by atoms with Crippen LogP contribution in [-0.4, -0.2) is 24.9 Å². The van der Waals surface area contributed by atoms with Crippen LogP contribution in [-0.2, 0) is 35.4 Å². The van der Waals surface area contributed by atoms with Gasteiger partial charge in [0.15, 0.2) is 12.5 Å². The number of benzene rings is 1. The van der Waals surface area contributed by atoms with Crippen LogP contribution >= 0.6 is 7.82 Å². The van der Waals surface area contributed by atoms with E-state index < -0.39 is 14.6 Å². The molecule has 0 aliphatic rings. The van der Waals surface area contributed by atoms with Gasteiger partial charge in [-0.05, 0) is 23.3 Å². The lowest BCUT2D eigenvalue weighted by molar-refractivity contribution is -0.712. The molecule has 0 aliphatic heterocycles. The summed E-state index contributed by atoms with van der Waals surface area (Å²) in [4.78, 5) is 19.6. The fourth-order valence-electron chi connectivity index (χ4n) is 3.27. The van der Waals surface area contributed by atoms with Gasteiger partial charge >= 0.3 is 0 Å². The van der Waals surface area contributed by atoms with E-state index in [0.717, 1.165) is 16.7 Å². The number of phosphoric acid groups is 1. The molecule has 1 aromatic carbocycles. The van der Waals surface area contributed by atoms with Gasteiger partial charge in [0, 0.05) is 24.2 Å². The molecule has 0 amide bonds. The Balaban J connectivity index is 1.43. The van der Waals surface area contributed by atoms with Crippen molar-refractivity contribution in [1.29, 1.82) is 0 Å². The minimum atomic E-state index is -4.87. The molecule has 0 aliphatic carbocycles. The molecule has 4 N–H and O–H groups in total. The zero-order valence-corrected chi connectivity index (χ0v) is 18.3. The van der Waals surface area contributed by atoms with Crippen molar-refractivity contribution in [1.82, 2.24) is 14.9 Å². The van der Waals surface area contributed by atoms with Crippen LogP contribution in [0.2, 0.25) is 0 Å². The Morgan fingerprint density at radius 2 is 1.97 bits per heavy atom. The SMILES string of the molecule is Nc1c(-c2cc(Cc3ccc(Cn4cc(CO)cn4)cc3)no2)ccc[n+]1COP(=O)([O-])O. The second kappa shape index (κ2) is 9.65. The number of aromatic nitrogens is 4. The molecular formula is C21H22N5O6P. The van der Waals surface area contributed by atoms with Gasteiger partial charge in [-0.25, -0.2) is 4.57 Å². The molecule has 0 radical (unpaired) electrons. The molecular weight excluding hydrogens is 449 g/mol. The maximum Gasteiger partial charge on any atom is 0.285 e. The summed E-state index contributed by atoms with van der Waals surface area (Å²) in [6, 6.07) is 13.1. The summed E-state index contributed by atoms with van der Waals surface area (Å²) >= 11 is 0. The predicted octanol–water partition coefficient (Wildman–Crippen LogP) is 0.974. The number of aliphatic hydroxyl groups excluding tert-OH is 1. The molecule has 172 valence electrons. The summed E-state index contributed by atoms with van der Waals surface area (Å²) in [5.74, 6) is 0.613. The van der Waals surface area contributed by atoms with E-state index in [2.05, 4.69) is 14.8 Å². The molecule has 3 heterocycles. The molecule has 4 aromatic rings. The van der Waals surface area contributed by atoms with Crippen molar-refractivity contribution in [3.8, 4) is 11.3 Å². The smallest absolute Gasteiger partial charge is 0.285 e. The first-order valence-corrected chi connectivity index (χ1v) is 11.4. The Labute approximate surface area is 188 Å². The van der Waals surface area contributed by atoms with E-state index in [1.807, 2.05) is 24.3 Å². The summed E-state index contributed by atoms with van der Waals surface area (Å²) in [5.41, 5.74) is 10.2. The number of nitrogens with two attached hydrogens (primary N) is 1. The summed E-state index contributed by atoms with van der Waals surface area (Å²) in [6.07, 6.45) is 5.50. The summed E-state index contributed by atoms with van der Waals surface area (Å²) in [6.45, 7) is 0.0967. The molecule has 12 heteroatoms. The van der Waals surface area contributed by atoms with Crippen molar-refractivity contribution in [2.45, 2.75) is 26.3 Å². The molecule has 0 fully saturated rings. The van der Waals surface area contributed by atoms with Gasteiger partial charge in [-0.3, -0.25) is 19.5 Å². The van der Waals surface area contributed by atoms with Crippen LogP contribution < -0.4 is 15.2 Å². The van der Waals surface area contributed by atoms with Gasteiger partial charge in [0.25, 0.3) is 13.6 Å². The van der Waals surface area contributed by atoms with Crippen molar-refractivity contribution in [3.05, 3.63) is 83.4 Å². The monoisotopic (exact) mass is 471 g/mol. The van der Waals surface area contributed by atoms with Gasteiger partial charge in [0.05, 0.1) is 31.2 Å². The van der Waals surface area contributed by atoms with Crippen molar-refractivity contribution >= 4 is 13.6 Å². The molecule has 33 heavy (non-hydrogen) atoms. The number of anilines is 1. The summed E-state index contributed by atoms with van der Waals surface area (Å²) in [5, 5.41) is 17.5. The number of aliphatic hydroxyl groups is 1. The molecule has 4 rings (SSSR count). The van der Waals surface area contributed by atoms with Crippen LogP contribution in [0.4, 0.5) is 5.82 Å². The third kappa shape index (κ3) is 5.92. The van der Waals surface area contributed by atoms with E-state index in [9.17, 15) is 9.46 Å². The quantitative estimate of drug-likeness (QED) is 0.238. The highest BCUT2D eigenvalue weighted by atomic mass is 31.2. The van der Waals surface area contributed by atoms with E-state index in [0.29, 0.717) is 30.0 Å². The first-order valence-electron chi connectivity index (χ1n) is 9.93. The normalized spacial score (nSPS) is 13.2. The second-order valence-corrected chi connectivity index (χ2v) is 8.58. The number of hydrogen-bond acceptors (Lipinski definition) is 8. The maximum absolute atomic E-state index is 10.8. The zero-order chi connectivity index (χ0) is 23.4. The third-order valence-corrected chi connectivity index (χ3v) is 5.36. The lowest BCUT2D eigenvalue weighted by Gasteiger charge is -2.14. The summed E-state index contributed by atoms with van der Waals surface area (Å²) in [7, 11) is -4.87. The number of rotatable bonds is 9. The molecule has 11 nitrogen and oxygen atoms in total. The number of nitrogen functional groups attached to an aromatic ring is 1. The van der Waals surface area contributed by atoms with Gasteiger partial charge in [0.2, 0.25) is 0 Å². The Bertz CT molecular complexity index is 1280. The standard InChI is InChI=1S/C21H22N5O6P/c22-21-19(2-1-7-25(21)14-31-33(28,29)30)20-9-18(24-32-20)8-15-3-5-16(6-4-15)11-26-12-17(13-27)10-23-26/h1-7,9-10,12,22,27H,8,11,13-14H2,(H2,28,29,30). The maximum atomic E-state index is 10.8. The minimum absolute atomic E-state index is 0.0358. The molecule has 0 saturated heterocycles. The van der Waals surface area contributed by atoms with Crippen molar-refractivity contribution in [2.24, 2.45) is 0 Å². The first-order chi connectivity index (χ1) is 15.8. The van der Waals surface area contributed by atoms with Gasteiger partial charge < -0.3 is 19.4 Å². The van der Waals surface area contributed by atoms with Crippen molar-refractivity contribution < 1.29 is 33.1 Å². The van der Waals surface area contributed by atoms with Gasteiger partial charge in [-0.15, -0.1) is 0 Å².